The average Bonchev–Trinajstić information content (AvgIpc) is 3.27. The Morgan fingerprint density at radius 3 is 2.59 bits per heavy atom. The van der Waals surface area contributed by atoms with Crippen molar-refractivity contribution in [3.05, 3.63) is 57.2 Å². The Hall–Kier alpha value is -2.39. The lowest BCUT2D eigenvalue weighted by Crippen LogP contribution is -2.22. The number of carbonyl (C=O) groups excluding carboxylic acids is 1. The molecule has 3 aromatic rings. The van der Waals surface area contributed by atoms with E-state index in [2.05, 4.69) is 15.0 Å². The Bertz CT molecular complexity index is 904. The molecule has 0 saturated carbocycles. The van der Waals surface area contributed by atoms with Crippen LogP contribution in [0.25, 0.3) is 10.6 Å². The molecule has 2 heterocycles. The van der Waals surface area contributed by atoms with Gasteiger partial charge < -0.3 is 10.1 Å². The second-order valence-electron chi connectivity index (χ2n) is 5.68. The van der Waals surface area contributed by atoms with Gasteiger partial charge in [0.15, 0.2) is 6.61 Å². The molecular formula is C18H15F3N2O2S2. The number of nitrogens with one attached hydrogen (secondary N) is 1. The van der Waals surface area contributed by atoms with Gasteiger partial charge in [-0.2, -0.15) is 24.5 Å². The molecule has 0 atom stereocenters. The van der Waals surface area contributed by atoms with Crippen LogP contribution in [0.4, 0.5) is 13.2 Å². The van der Waals surface area contributed by atoms with Crippen LogP contribution < -0.4 is 10.1 Å². The van der Waals surface area contributed by atoms with E-state index in [0.717, 1.165) is 16.1 Å². The number of ether oxygens (including phenoxy) is 1. The van der Waals surface area contributed by atoms with Gasteiger partial charge in [-0.15, -0.1) is 11.3 Å². The third-order valence-electron chi connectivity index (χ3n) is 3.55. The molecule has 0 aliphatic carbocycles. The molecule has 9 heteroatoms. The first-order valence-corrected chi connectivity index (χ1v) is 9.64. The lowest BCUT2D eigenvalue weighted by atomic mass is 10.2. The van der Waals surface area contributed by atoms with Crippen molar-refractivity contribution < 1.29 is 22.7 Å². The number of thiophene rings is 1. The fraction of sp³-hybridized carbons (Fsp3) is 0.222. The number of aryl methyl sites for hydroxylation is 1. The zero-order valence-electron chi connectivity index (χ0n) is 14.2. The van der Waals surface area contributed by atoms with E-state index in [1.807, 2.05) is 16.8 Å². The van der Waals surface area contributed by atoms with Crippen molar-refractivity contribution in [2.75, 3.05) is 6.61 Å². The Labute approximate surface area is 161 Å². The SMILES string of the molecule is Cc1nc(-c2ccsc2)sc1C(=O)NCc1ccc(OCC(F)(F)F)cc1. The number of benzene rings is 1. The molecule has 0 saturated heterocycles. The van der Waals surface area contributed by atoms with E-state index >= 15 is 0 Å². The highest BCUT2D eigenvalue weighted by atomic mass is 32.1. The molecule has 142 valence electrons. The molecule has 3 rings (SSSR count). The summed E-state index contributed by atoms with van der Waals surface area (Å²) in [7, 11) is 0. The van der Waals surface area contributed by atoms with Crippen molar-refractivity contribution in [3.8, 4) is 16.3 Å². The molecule has 0 spiro atoms. The van der Waals surface area contributed by atoms with Gasteiger partial charge in [0.05, 0.1) is 5.69 Å². The van der Waals surface area contributed by atoms with Crippen LogP contribution in [0.2, 0.25) is 0 Å². The normalized spacial score (nSPS) is 11.4. The van der Waals surface area contributed by atoms with Gasteiger partial charge in [-0.3, -0.25) is 4.79 Å². The fourth-order valence-electron chi connectivity index (χ4n) is 2.25. The van der Waals surface area contributed by atoms with Crippen molar-refractivity contribution in [3.63, 3.8) is 0 Å². The van der Waals surface area contributed by atoms with Gasteiger partial charge in [-0.25, -0.2) is 4.98 Å². The molecule has 2 aromatic heterocycles. The first-order valence-electron chi connectivity index (χ1n) is 7.88. The van der Waals surface area contributed by atoms with Gasteiger partial charge in [0, 0.05) is 17.5 Å². The first kappa shape index (κ1) is 19.4. The Morgan fingerprint density at radius 1 is 1.22 bits per heavy atom. The number of nitrogens with zero attached hydrogens (tertiary/aromatic N) is 1. The minimum atomic E-state index is -4.37. The molecule has 0 aliphatic heterocycles. The lowest BCUT2D eigenvalue weighted by Gasteiger charge is -2.10. The predicted octanol–water partition coefficient (Wildman–Crippen LogP) is 5.05. The number of rotatable bonds is 6. The quantitative estimate of drug-likeness (QED) is 0.616. The van der Waals surface area contributed by atoms with E-state index in [-0.39, 0.29) is 18.2 Å². The summed E-state index contributed by atoms with van der Waals surface area (Å²) >= 11 is 2.89. The maximum Gasteiger partial charge on any atom is 0.422 e. The average molecular weight is 412 g/mol. The van der Waals surface area contributed by atoms with Crippen molar-refractivity contribution in [1.82, 2.24) is 10.3 Å². The summed E-state index contributed by atoms with van der Waals surface area (Å²) in [5, 5.41) is 7.53. The molecular weight excluding hydrogens is 397 g/mol. The summed E-state index contributed by atoms with van der Waals surface area (Å²) in [5.74, 6) is -0.106. The van der Waals surface area contributed by atoms with Crippen molar-refractivity contribution >= 4 is 28.6 Å². The maximum atomic E-state index is 12.4. The van der Waals surface area contributed by atoms with Crippen molar-refractivity contribution in [1.29, 1.82) is 0 Å². The van der Waals surface area contributed by atoms with Crippen LogP contribution in [0.15, 0.2) is 41.1 Å². The van der Waals surface area contributed by atoms with E-state index in [1.165, 1.54) is 23.5 Å². The smallest absolute Gasteiger partial charge is 0.422 e. The zero-order valence-corrected chi connectivity index (χ0v) is 15.8. The van der Waals surface area contributed by atoms with Gasteiger partial charge in [-0.1, -0.05) is 12.1 Å². The molecule has 0 unspecified atom stereocenters. The summed E-state index contributed by atoms with van der Waals surface area (Å²) in [6, 6.07) is 8.07. The molecule has 1 N–H and O–H groups in total. The number of carbonyl (C=O) groups is 1. The molecule has 1 aromatic carbocycles. The molecule has 0 aliphatic rings. The molecule has 0 radical (unpaired) electrons. The van der Waals surface area contributed by atoms with Crippen LogP contribution in [0, 0.1) is 6.92 Å². The highest BCUT2D eigenvalue weighted by Crippen LogP contribution is 2.29. The molecule has 1 amide bonds. The predicted molar refractivity (Wildman–Crippen MR) is 99.3 cm³/mol. The summed E-state index contributed by atoms with van der Waals surface area (Å²) in [6.45, 7) is 0.706. The van der Waals surface area contributed by atoms with E-state index in [0.29, 0.717) is 10.6 Å². The van der Waals surface area contributed by atoms with E-state index in [9.17, 15) is 18.0 Å². The maximum absolute atomic E-state index is 12.4. The van der Waals surface area contributed by atoms with Gasteiger partial charge in [0.2, 0.25) is 0 Å². The topological polar surface area (TPSA) is 51.2 Å². The lowest BCUT2D eigenvalue weighted by molar-refractivity contribution is -0.153. The second kappa shape index (κ2) is 8.10. The van der Waals surface area contributed by atoms with Gasteiger partial charge in [-0.05, 0) is 36.1 Å². The van der Waals surface area contributed by atoms with Gasteiger partial charge in [0.25, 0.3) is 5.91 Å². The van der Waals surface area contributed by atoms with Crippen LogP contribution in [0.1, 0.15) is 20.9 Å². The Balaban J connectivity index is 1.58. The van der Waals surface area contributed by atoms with Gasteiger partial charge >= 0.3 is 6.18 Å². The third-order valence-corrected chi connectivity index (χ3v) is 5.44. The summed E-state index contributed by atoms with van der Waals surface area (Å²) in [5.41, 5.74) is 2.40. The number of thiazole rings is 1. The number of hydrogen-bond donors (Lipinski definition) is 1. The number of alkyl halides is 3. The van der Waals surface area contributed by atoms with Crippen LogP contribution in [0.3, 0.4) is 0 Å². The van der Waals surface area contributed by atoms with E-state index < -0.39 is 12.8 Å². The van der Waals surface area contributed by atoms with E-state index in [4.69, 9.17) is 0 Å². The van der Waals surface area contributed by atoms with Crippen LogP contribution in [-0.2, 0) is 6.54 Å². The molecule has 0 bridgehead atoms. The standard InChI is InChI=1S/C18H15F3N2O2S2/c1-11-15(27-17(23-11)13-6-7-26-9-13)16(24)22-8-12-2-4-14(5-3-12)25-10-18(19,20)21/h2-7,9H,8,10H2,1H3,(H,22,24). The number of amides is 1. The fourth-order valence-corrected chi connectivity index (χ4v) is 3.94. The van der Waals surface area contributed by atoms with Crippen molar-refractivity contribution in [2.24, 2.45) is 0 Å². The van der Waals surface area contributed by atoms with Crippen LogP contribution in [0.5, 0.6) is 5.75 Å². The van der Waals surface area contributed by atoms with Crippen molar-refractivity contribution in [2.45, 2.75) is 19.6 Å². The second-order valence-corrected chi connectivity index (χ2v) is 7.46. The number of aromatic nitrogens is 1. The minimum Gasteiger partial charge on any atom is -0.484 e. The van der Waals surface area contributed by atoms with Crippen LogP contribution >= 0.6 is 22.7 Å². The summed E-state index contributed by atoms with van der Waals surface area (Å²) in [4.78, 5) is 17.4. The number of halogens is 3. The zero-order chi connectivity index (χ0) is 19.4. The molecule has 27 heavy (non-hydrogen) atoms. The summed E-state index contributed by atoms with van der Waals surface area (Å²) < 4.78 is 41.1. The monoisotopic (exact) mass is 412 g/mol. The Kier molecular flexibility index (Phi) is 5.81. The number of hydrogen-bond acceptors (Lipinski definition) is 5. The first-order chi connectivity index (χ1) is 12.8. The third kappa shape index (κ3) is 5.30. The highest BCUT2D eigenvalue weighted by molar-refractivity contribution is 7.17. The summed E-state index contributed by atoms with van der Waals surface area (Å²) in [6.07, 6.45) is -4.37. The van der Waals surface area contributed by atoms with Gasteiger partial charge in [0.1, 0.15) is 15.6 Å². The highest BCUT2D eigenvalue weighted by Gasteiger charge is 2.28. The van der Waals surface area contributed by atoms with E-state index in [1.54, 1.807) is 30.4 Å². The largest absolute Gasteiger partial charge is 0.484 e. The minimum absolute atomic E-state index is 0.126. The molecule has 4 nitrogen and oxygen atoms in total. The Morgan fingerprint density at radius 2 is 1.96 bits per heavy atom. The molecule has 0 fully saturated rings. The van der Waals surface area contributed by atoms with Crippen LogP contribution in [-0.4, -0.2) is 23.7 Å².